The Bertz CT molecular complexity index is 1960. The number of carbonyl (C=O) groups excluding carboxylic acids is 1. The number of anilines is 3. The summed E-state index contributed by atoms with van der Waals surface area (Å²) < 4.78 is 22.8. The average molecular weight is 590 g/mol. The number of aryl methyl sites for hydroxylation is 1. The number of hydrogen-bond acceptors (Lipinski definition) is 8. The van der Waals surface area contributed by atoms with Gasteiger partial charge in [0, 0.05) is 29.7 Å². The first-order valence-electron chi connectivity index (χ1n) is 14.3. The van der Waals surface area contributed by atoms with E-state index in [1.165, 1.54) is 29.3 Å². The fraction of sp³-hybridized carbons (Fsp3) is 0.188. The molecule has 1 unspecified atom stereocenters. The number of aromatic nitrogens is 7. The summed E-state index contributed by atoms with van der Waals surface area (Å²) in [6.07, 6.45) is 9.49. The number of imidazole rings is 1. The summed E-state index contributed by atoms with van der Waals surface area (Å²) >= 11 is 0. The summed E-state index contributed by atoms with van der Waals surface area (Å²) in [7, 11) is 0. The third-order valence-corrected chi connectivity index (χ3v) is 7.58. The van der Waals surface area contributed by atoms with Crippen molar-refractivity contribution in [3.05, 3.63) is 103 Å². The fourth-order valence-electron chi connectivity index (χ4n) is 5.32. The fourth-order valence-corrected chi connectivity index (χ4v) is 5.32. The topological polar surface area (TPSA) is 125 Å². The molecule has 44 heavy (non-hydrogen) atoms. The predicted molar refractivity (Wildman–Crippen MR) is 163 cm³/mol. The highest BCUT2D eigenvalue weighted by molar-refractivity contribution is 6.03. The molecule has 1 atom stereocenters. The highest BCUT2D eigenvalue weighted by Gasteiger charge is 2.22. The molecule has 5 heterocycles. The van der Waals surface area contributed by atoms with Crippen molar-refractivity contribution in [1.29, 1.82) is 0 Å². The standard InChI is InChI=1S/C32H28FN9O2/c1-20-7-10-22(39-32(43)26-13-15-38-42(26)23-11-8-21(33)9-12-23)17-25(20)40-30-24(5-4-14-34-30)28-29-31(36-18-35-28)41(19-37-29)27-6-2-3-16-44-27/h4-5,7-15,17-19,27H,2-3,6,16H2,1H3,(H,34,40)(H,39,43). The van der Waals surface area contributed by atoms with Gasteiger partial charge in [0.05, 0.1) is 18.2 Å². The number of hydrogen-bond donors (Lipinski definition) is 2. The van der Waals surface area contributed by atoms with Crippen LogP contribution in [0.25, 0.3) is 28.1 Å². The van der Waals surface area contributed by atoms with Gasteiger partial charge in [0.2, 0.25) is 0 Å². The SMILES string of the molecule is Cc1ccc(NC(=O)c2ccnn2-c2ccc(F)cc2)cc1Nc1ncccc1-c1ncnc2c1ncn2C1CCCCO1. The van der Waals surface area contributed by atoms with Crippen molar-refractivity contribution in [2.24, 2.45) is 0 Å². The summed E-state index contributed by atoms with van der Waals surface area (Å²) in [6.45, 7) is 2.69. The van der Waals surface area contributed by atoms with E-state index in [1.807, 2.05) is 41.8 Å². The number of amides is 1. The maximum Gasteiger partial charge on any atom is 0.274 e. The van der Waals surface area contributed by atoms with Crippen LogP contribution in [0.1, 0.15) is 41.5 Å². The van der Waals surface area contributed by atoms with Gasteiger partial charge in [-0.1, -0.05) is 6.07 Å². The van der Waals surface area contributed by atoms with Crippen molar-refractivity contribution in [1.82, 2.24) is 34.3 Å². The van der Waals surface area contributed by atoms with Gasteiger partial charge in [-0.2, -0.15) is 5.10 Å². The lowest BCUT2D eigenvalue weighted by molar-refractivity contribution is -0.0298. The van der Waals surface area contributed by atoms with Crippen LogP contribution in [0.3, 0.4) is 0 Å². The first-order valence-corrected chi connectivity index (χ1v) is 14.3. The van der Waals surface area contributed by atoms with Gasteiger partial charge in [0.25, 0.3) is 5.91 Å². The largest absolute Gasteiger partial charge is 0.358 e. The van der Waals surface area contributed by atoms with Crippen LogP contribution >= 0.6 is 0 Å². The van der Waals surface area contributed by atoms with E-state index in [9.17, 15) is 9.18 Å². The molecule has 12 heteroatoms. The van der Waals surface area contributed by atoms with Crippen LogP contribution in [-0.4, -0.2) is 46.8 Å². The van der Waals surface area contributed by atoms with E-state index in [4.69, 9.17) is 4.74 Å². The summed E-state index contributed by atoms with van der Waals surface area (Å²) in [5, 5.41) is 10.6. The van der Waals surface area contributed by atoms with Gasteiger partial charge in [-0.15, -0.1) is 0 Å². The number of pyridine rings is 1. The Morgan fingerprint density at radius 2 is 1.89 bits per heavy atom. The lowest BCUT2D eigenvalue weighted by Gasteiger charge is -2.23. The van der Waals surface area contributed by atoms with Crippen LogP contribution in [0, 0.1) is 12.7 Å². The smallest absolute Gasteiger partial charge is 0.274 e. The lowest BCUT2D eigenvalue weighted by atomic mass is 10.1. The molecule has 0 radical (unpaired) electrons. The minimum absolute atomic E-state index is 0.0991. The van der Waals surface area contributed by atoms with Gasteiger partial charge in [0.15, 0.2) is 5.65 Å². The third kappa shape index (κ3) is 5.26. The monoisotopic (exact) mass is 589 g/mol. The minimum atomic E-state index is -0.365. The molecule has 0 saturated carbocycles. The number of ether oxygens (including phenoxy) is 1. The number of rotatable bonds is 7. The second-order valence-corrected chi connectivity index (χ2v) is 10.5. The first kappa shape index (κ1) is 27.3. The van der Waals surface area contributed by atoms with Crippen molar-refractivity contribution in [2.75, 3.05) is 17.2 Å². The van der Waals surface area contributed by atoms with Crippen molar-refractivity contribution < 1.29 is 13.9 Å². The molecule has 0 aliphatic carbocycles. The Balaban J connectivity index is 1.16. The summed E-state index contributed by atoms with van der Waals surface area (Å²) in [5.74, 6) is -0.145. The molecule has 1 aliphatic rings. The van der Waals surface area contributed by atoms with E-state index in [1.54, 1.807) is 30.7 Å². The van der Waals surface area contributed by atoms with Gasteiger partial charge < -0.3 is 15.4 Å². The molecular formula is C32H28FN9O2. The van der Waals surface area contributed by atoms with E-state index in [-0.39, 0.29) is 18.0 Å². The maximum absolute atomic E-state index is 13.4. The molecule has 1 fully saturated rings. The average Bonchev–Trinajstić information content (AvgIpc) is 3.72. The highest BCUT2D eigenvalue weighted by Crippen LogP contribution is 2.34. The normalized spacial score (nSPS) is 14.9. The van der Waals surface area contributed by atoms with E-state index in [2.05, 4.69) is 35.7 Å². The molecule has 6 aromatic rings. The zero-order valence-electron chi connectivity index (χ0n) is 23.8. The van der Waals surface area contributed by atoms with E-state index in [0.717, 1.165) is 42.7 Å². The minimum Gasteiger partial charge on any atom is -0.358 e. The number of nitrogens with zero attached hydrogens (tertiary/aromatic N) is 7. The lowest BCUT2D eigenvalue weighted by Crippen LogP contribution is -2.17. The predicted octanol–water partition coefficient (Wildman–Crippen LogP) is 6.22. The van der Waals surface area contributed by atoms with Gasteiger partial charge in [-0.25, -0.2) is 29.0 Å². The molecule has 220 valence electrons. The third-order valence-electron chi connectivity index (χ3n) is 7.58. The number of carbonyl (C=O) groups is 1. The van der Waals surface area contributed by atoms with E-state index in [0.29, 0.717) is 39.7 Å². The molecule has 0 spiro atoms. The first-order chi connectivity index (χ1) is 21.5. The highest BCUT2D eigenvalue weighted by atomic mass is 19.1. The molecule has 1 aliphatic heterocycles. The molecule has 0 bridgehead atoms. The number of benzene rings is 2. The van der Waals surface area contributed by atoms with Gasteiger partial charge in [0.1, 0.15) is 41.1 Å². The summed E-state index contributed by atoms with van der Waals surface area (Å²) in [4.78, 5) is 31.7. The van der Waals surface area contributed by atoms with Gasteiger partial charge in [-0.05, 0) is 86.3 Å². The molecule has 4 aromatic heterocycles. The number of nitrogens with one attached hydrogen (secondary N) is 2. The van der Waals surface area contributed by atoms with Gasteiger partial charge in [-0.3, -0.25) is 9.36 Å². The van der Waals surface area contributed by atoms with Crippen LogP contribution in [0.5, 0.6) is 0 Å². The van der Waals surface area contributed by atoms with Crippen molar-refractivity contribution in [2.45, 2.75) is 32.4 Å². The zero-order chi connectivity index (χ0) is 30.0. The summed E-state index contributed by atoms with van der Waals surface area (Å²) in [5.41, 5.74) is 5.93. The summed E-state index contributed by atoms with van der Waals surface area (Å²) in [6, 6.07) is 16.8. The Hall–Kier alpha value is -5.49. The Morgan fingerprint density at radius 1 is 1.00 bits per heavy atom. The zero-order valence-corrected chi connectivity index (χ0v) is 23.8. The molecular weight excluding hydrogens is 561 g/mol. The molecule has 2 aromatic carbocycles. The van der Waals surface area contributed by atoms with Crippen LogP contribution in [0.2, 0.25) is 0 Å². The second kappa shape index (κ2) is 11.7. The van der Waals surface area contributed by atoms with Crippen LogP contribution < -0.4 is 10.6 Å². The van der Waals surface area contributed by atoms with E-state index >= 15 is 0 Å². The molecule has 1 saturated heterocycles. The Kier molecular flexibility index (Phi) is 7.24. The van der Waals surface area contributed by atoms with Crippen molar-refractivity contribution in [3.8, 4) is 16.9 Å². The van der Waals surface area contributed by atoms with Crippen LogP contribution in [-0.2, 0) is 4.74 Å². The van der Waals surface area contributed by atoms with Gasteiger partial charge >= 0.3 is 0 Å². The van der Waals surface area contributed by atoms with E-state index < -0.39 is 0 Å². The number of fused-ring (bicyclic) bond motifs is 1. The molecule has 11 nitrogen and oxygen atoms in total. The second-order valence-electron chi connectivity index (χ2n) is 10.5. The molecule has 1 amide bonds. The molecule has 2 N–H and O–H groups in total. The maximum atomic E-state index is 13.4. The quantitative estimate of drug-likeness (QED) is 0.225. The van der Waals surface area contributed by atoms with Crippen molar-refractivity contribution >= 4 is 34.3 Å². The Morgan fingerprint density at radius 3 is 2.73 bits per heavy atom. The molecule has 7 rings (SSSR count). The van der Waals surface area contributed by atoms with Crippen LogP contribution in [0.4, 0.5) is 21.6 Å². The Labute approximate surface area is 251 Å². The number of halogens is 1. The van der Waals surface area contributed by atoms with Crippen molar-refractivity contribution in [3.63, 3.8) is 0 Å². The van der Waals surface area contributed by atoms with Crippen LogP contribution in [0.15, 0.2) is 85.7 Å².